The highest BCUT2D eigenvalue weighted by Gasteiger charge is 2.07. The number of rotatable bonds is 4. The zero-order chi connectivity index (χ0) is 15.2. The normalized spacial score (nSPS) is 9.76. The Kier molecular flexibility index (Phi) is 5.04. The number of ether oxygens (including phenoxy) is 1. The summed E-state index contributed by atoms with van der Waals surface area (Å²) < 4.78 is 5.32. The fourth-order valence-corrected chi connectivity index (χ4v) is 1.90. The number of para-hydroxylation sites is 1. The quantitative estimate of drug-likeness (QED) is 0.929. The van der Waals surface area contributed by atoms with Crippen molar-refractivity contribution in [1.29, 1.82) is 5.26 Å². The highest BCUT2D eigenvalue weighted by Crippen LogP contribution is 2.25. The molecule has 4 nitrogen and oxygen atoms in total. The summed E-state index contributed by atoms with van der Waals surface area (Å²) in [6, 6.07) is 13.5. The summed E-state index contributed by atoms with van der Waals surface area (Å²) in [6.07, 6.45) is 0. The molecule has 6 heteroatoms. The molecule has 21 heavy (non-hydrogen) atoms. The van der Waals surface area contributed by atoms with Gasteiger partial charge < -0.3 is 10.1 Å². The van der Waals surface area contributed by atoms with E-state index in [0.717, 1.165) is 0 Å². The molecule has 2 rings (SSSR count). The molecule has 0 radical (unpaired) electrons. The summed E-state index contributed by atoms with van der Waals surface area (Å²) in [4.78, 5) is 11.8. The first-order valence-corrected chi connectivity index (χ1v) is 6.72. The van der Waals surface area contributed by atoms with E-state index >= 15 is 0 Å². The molecule has 1 N–H and O–H groups in total. The van der Waals surface area contributed by atoms with E-state index in [4.69, 9.17) is 33.2 Å². The summed E-state index contributed by atoms with van der Waals surface area (Å²) in [5.41, 5.74) is 0.895. The van der Waals surface area contributed by atoms with E-state index in [1.807, 2.05) is 6.07 Å². The van der Waals surface area contributed by atoms with Crippen molar-refractivity contribution in [3.05, 3.63) is 58.1 Å². The van der Waals surface area contributed by atoms with Gasteiger partial charge >= 0.3 is 0 Å². The molecule has 0 aliphatic rings. The van der Waals surface area contributed by atoms with E-state index < -0.39 is 0 Å². The first-order valence-electron chi connectivity index (χ1n) is 5.97. The van der Waals surface area contributed by atoms with Gasteiger partial charge in [0.2, 0.25) is 0 Å². The van der Waals surface area contributed by atoms with Gasteiger partial charge in [0.05, 0.1) is 15.6 Å². The van der Waals surface area contributed by atoms with Crippen LogP contribution in [0.2, 0.25) is 10.0 Å². The van der Waals surface area contributed by atoms with Gasteiger partial charge in [-0.15, -0.1) is 0 Å². The van der Waals surface area contributed by atoms with Crippen LogP contribution in [0, 0.1) is 11.3 Å². The van der Waals surface area contributed by atoms with E-state index in [0.29, 0.717) is 27.0 Å². The minimum Gasteiger partial charge on any atom is -0.482 e. The van der Waals surface area contributed by atoms with Crippen molar-refractivity contribution < 1.29 is 9.53 Å². The van der Waals surface area contributed by atoms with Crippen LogP contribution in [0.1, 0.15) is 5.56 Å². The van der Waals surface area contributed by atoms with Crippen molar-refractivity contribution in [2.45, 2.75) is 0 Å². The average Bonchev–Trinajstić information content (AvgIpc) is 2.49. The van der Waals surface area contributed by atoms with Crippen LogP contribution in [-0.4, -0.2) is 12.5 Å². The molecule has 2 aromatic rings. The lowest BCUT2D eigenvalue weighted by molar-refractivity contribution is -0.118. The van der Waals surface area contributed by atoms with Crippen molar-refractivity contribution in [1.82, 2.24) is 0 Å². The van der Waals surface area contributed by atoms with Crippen LogP contribution in [0.15, 0.2) is 42.5 Å². The molecule has 106 valence electrons. The number of anilines is 1. The summed E-state index contributed by atoms with van der Waals surface area (Å²) in [5.74, 6) is 0.00502. The second-order valence-electron chi connectivity index (χ2n) is 4.07. The maximum Gasteiger partial charge on any atom is 0.262 e. The van der Waals surface area contributed by atoms with Crippen LogP contribution < -0.4 is 10.1 Å². The molecule has 2 aromatic carbocycles. The Morgan fingerprint density at radius 1 is 1.19 bits per heavy atom. The Bertz CT molecular complexity index is 711. The predicted molar refractivity (Wildman–Crippen MR) is 81.7 cm³/mol. The summed E-state index contributed by atoms with van der Waals surface area (Å²) in [5, 5.41) is 12.3. The fourth-order valence-electron chi connectivity index (χ4n) is 1.60. The predicted octanol–water partition coefficient (Wildman–Crippen LogP) is 3.88. The molecule has 0 saturated carbocycles. The summed E-state index contributed by atoms with van der Waals surface area (Å²) in [6.45, 7) is -0.209. The van der Waals surface area contributed by atoms with Gasteiger partial charge in [-0.2, -0.15) is 5.26 Å². The van der Waals surface area contributed by atoms with Crippen molar-refractivity contribution in [2.24, 2.45) is 0 Å². The fraction of sp³-hybridized carbons (Fsp3) is 0.0667. The Balaban J connectivity index is 1.96. The number of hydrogen-bond acceptors (Lipinski definition) is 3. The average molecular weight is 321 g/mol. The molecule has 0 bridgehead atoms. The zero-order valence-corrected chi connectivity index (χ0v) is 12.3. The maximum absolute atomic E-state index is 11.8. The molecule has 0 unspecified atom stereocenters. The number of nitrogens with zero attached hydrogens (tertiary/aromatic N) is 1. The van der Waals surface area contributed by atoms with Gasteiger partial charge in [-0.25, -0.2) is 0 Å². The third-order valence-electron chi connectivity index (χ3n) is 2.57. The number of hydrogen-bond donors (Lipinski definition) is 1. The van der Waals surface area contributed by atoms with Crippen LogP contribution in [-0.2, 0) is 4.79 Å². The Hall–Kier alpha value is -2.22. The lowest BCUT2D eigenvalue weighted by atomic mass is 10.2. The van der Waals surface area contributed by atoms with Gasteiger partial charge in [0.1, 0.15) is 11.8 Å². The smallest absolute Gasteiger partial charge is 0.262 e. The minimum atomic E-state index is -0.360. The Morgan fingerprint density at radius 3 is 2.67 bits per heavy atom. The van der Waals surface area contributed by atoms with Crippen LogP contribution in [0.25, 0.3) is 0 Å². The molecular weight excluding hydrogens is 311 g/mol. The minimum absolute atomic E-state index is 0.209. The third kappa shape index (κ3) is 4.12. The SMILES string of the molecule is N#Cc1ccccc1OCC(=O)Nc1ccc(Cl)c(Cl)c1. The van der Waals surface area contributed by atoms with Crippen LogP contribution in [0.3, 0.4) is 0 Å². The van der Waals surface area contributed by atoms with Crippen molar-refractivity contribution in [3.63, 3.8) is 0 Å². The van der Waals surface area contributed by atoms with Crippen LogP contribution in [0.4, 0.5) is 5.69 Å². The van der Waals surface area contributed by atoms with Crippen molar-refractivity contribution in [2.75, 3.05) is 11.9 Å². The monoisotopic (exact) mass is 320 g/mol. The second kappa shape index (κ2) is 6.98. The number of amides is 1. The Labute approximate surface area is 131 Å². The maximum atomic E-state index is 11.8. The van der Waals surface area contributed by atoms with Crippen molar-refractivity contribution >= 4 is 34.8 Å². The van der Waals surface area contributed by atoms with Gasteiger partial charge in [-0.05, 0) is 30.3 Å². The van der Waals surface area contributed by atoms with Gasteiger partial charge in [-0.3, -0.25) is 4.79 Å². The Morgan fingerprint density at radius 2 is 1.95 bits per heavy atom. The number of nitrogens with one attached hydrogen (secondary N) is 1. The number of carbonyl (C=O) groups is 1. The zero-order valence-electron chi connectivity index (χ0n) is 10.8. The summed E-state index contributed by atoms with van der Waals surface area (Å²) >= 11 is 11.7. The number of nitriles is 1. The van der Waals surface area contributed by atoms with E-state index in [9.17, 15) is 4.79 Å². The number of carbonyl (C=O) groups excluding carboxylic acids is 1. The molecule has 0 aliphatic heterocycles. The summed E-state index contributed by atoms with van der Waals surface area (Å²) in [7, 11) is 0. The lowest BCUT2D eigenvalue weighted by Crippen LogP contribution is -2.20. The van der Waals surface area contributed by atoms with Gasteiger partial charge in [0.15, 0.2) is 6.61 Å². The number of benzene rings is 2. The molecule has 0 heterocycles. The van der Waals surface area contributed by atoms with E-state index in [1.165, 1.54) is 0 Å². The second-order valence-corrected chi connectivity index (χ2v) is 4.89. The highest BCUT2D eigenvalue weighted by atomic mass is 35.5. The van der Waals surface area contributed by atoms with Gasteiger partial charge in [0.25, 0.3) is 5.91 Å². The first kappa shape index (κ1) is 15.2. The van der Waals surface area contributed by atoms with E-state index in [-0.39, 0.29) is 12.5 Å². The standard InChI is InChI=1S/C15H10Cl2N2O2/c16-12-6-5-11(7-13(12)17)19-15(20)9-21-14-4-2-1-3-10(14)8-18/h1-7H,9H2,(H,19,20). The van der Waals surface area contributed by atoms with E-state index in [2.05, 4.69) is 5.32 Å². The largest absolute Gasteiger partial charge is 0.482 e. The topological polar surface area (TPSA) is 62.1 Å². The van der Waals surface area contributed by atoms with Crippen molar-refractivity contribution in [3.8, 4) is 11.8 Å². The van der Waals surface area contributed by atoms with Crippen LogP contribution >= 0.6 is 23.2 Å². The molecule has 0 aliphatic carbocycles. The lowest BCUT2D eigenvalue weighted by Gasteiger charge is -2.09. The molecule has 0 atom stereocenters. The molecule has 1 amide bonds. The van der Waals surface area contributed by atoms with E-state index in [1.54, 1.807) is 42.5 Å². The molecular formula is C15H10Cl2N2O2. The van der Waals surface area contributed by atoms with Crippen LogP contribution in [0.5, 0.6) is 5.75 Å². The molecule has 0 spiro atoms. The number of halogens is 2. The highest BCUT2D eigenvalue weighted by molar-refractivity contribution is 6.42. The molecule has 0 aromatic heterocycles. The van der Waals surface area contributed by atoms with Gasteiger partial charge in [0, 0.05) is 5.69 Å². The molecule has 0 saturated heterocycles. The third-order valence-corrected chi connectivity index (χ3v) is 3.31. The molecule has 0 fully saturated rings. The first-order chi connectivity index (χ1) is 10.1. The van der Waals surface area contributed by atoms with Gasteiger partial charge in [-0.1, -0.05) is 35.3 Å².